The van der Waals surface area contributed by atoms with Gasteiger partial charge in [0.2, 0.25) is 0 Å². The molecule has 0 aromatic heterocycles. The van der Waals surface area contributed by atoms with E-state index >= 15 is 0 Å². The Morgan fingerprint density at radius 2 is 1.83 bits per heavy atom. The average Bonchev–Trinajstić information content (AvgIpc) is 2.05. The van der Waals surface area contributed by atoms with Crippen molar-refractivity contribution in [1.29, 1.82) is 0 Å². The summed E-state index contributed by atoms with van der Waals surface area (Å²) in [5, 5.41) is 0. The average molecular weight is 162 g/mol. The molecule has 1 aromatic rings. The van der Waals surface area contributed by atoms with Crippen LogP contribution in [0.2, 0.25) is 0 Å². The minimum atomic E-state index is 0.255. The van der Waals surface area contributed by atoms with Gasteiger partial charge in [0.05, 0.1) is 12.4 Å². The molecule has 0 N–H and O–H groups in total. The zero-order chi connectivity index (χ0) is 8.81. The quantitative estimate of drug-likeness (QED) is 0.620. The van der Waals surface area contributed by atoms with E-state index in [2.05, 4.69) is 0 Å². The molecule has 64 valence electrons. The van der Waals surface area contributed by atoms with Crippen LogP contribution in [0, 0.1) is 0 Å². The summed E-state index contributed by atoms with van der Waals surface area (Å²) in [5.41, 5.74) is 1.16. The highest BCUT2D eigenvalue weighted by molar-refractivity contribution is 5.47. The van der Waals surface area contributed by atoms with Gasteiger partial charge in [0, 0.05) is 0 Å². The van der Waals surface area contributed by atoms with Crippen molar-refractivity contribution < 1.29 is 4.74 Å². The summed E-state index contributed by atoms with van der Waals surface area (Å²) >= 11 is 0. The van der Waals surface area contributed by atoms with Crippen molar-refractivity contribution in [3.63, 3.8) is 0 Å². The van der Waals surface area contributed by atoms with Gasteiger partial charge < -0.3 is 4.74 Å². The van der Waals surface area contributed by atoms with Crippen LogP contribution in [-0.2, 0) is 4.74 Å². The van der Waals surface area contributed by atoms with E-state index in [1.54, 1.807) is 6.26 Å². The molecule has 0 aliphatic heterocycles. The zero-order valence-corrected chi connectivity index (χ0v) is 7.53. The molecule has 0 bridgehead atoms. The standard InChI is InChI=1S/C11H14O/c1-10(2)12-9-8-11-6-4-3-5-7-11/h3-10H,1-2H3/b9-8-. The zero-order valence-electron chi connectivity index (χ0n) is 7.53. The summed E-state index contributed by atoms with van der Waals surface area (Å²) in [6.07, 6.45) is 3.95. The first kappa shape index (κ1) is 8.85. The molecule has 0 radical (unpaired) electrons. The van der Waals surface area contributed by atoms with Gasteiger partial charge in [-0.05, 0) is 25.5 Å². The van der Waals surface area contributed by atoms with E-state index in [1.165, 1.54) is 0 Å². The Morgan fingerprint density at radius 3 is 2.42 bits per heavy atom. The van der Waals surface area contributed by atoms with Crippen molar-refractivity contribution in [2.45, 2.75) is 20.0 Å². The molecule has 0 saturated heterocycles. The fourth-order valence-electron chi connectivity index (χ4n) is 0.839. The number of rotatable bonds is 3. The van der Waals surface area contributed by atoms with Crippen molar-refractivity contribution in [3.8, 4) is 0 Å². The van der Waals surface area contributed by atoms with E-state index in [9.17, 15) is 0 Å². The van der Waals surface area contributed by atoms with Crippen molar-refractivity contribution in [3.05, 3.63) is 42.2 Å². The summed E-state index contributed by atoms with van der Waals surface area (Å²) in [7, 11) is 0. The van der Waals surface area contributed by atoms with Gasteiger partial charge in [0.1, 0.15) is 0 Å². The summed E-state index contributed by atoms with van der Waals surface area (Å²) < 4.78 is 5.27. The normalized spacial score (nSPS) is 10.9. The predicted molar refractivity (Wildman–Crippen MR) is 51.7 cm³/mol. The maximum absolute atomic E-state index is 5.27. The minimum Gasteiger partial charge on any atom is -0.499 e. The van der Waals surface area contributed by atoms with Gasteiger partial charge in [-0.1, -0.05) is 30.3 Å². The smallest absolute Gasteiger partial charge is 0.0922 e. The molecule has 0 spiro atoms. The molecule has 0 aliphatic rings. The molecule has 0 saturated carbocycles. The topological polar surface area (TPSA) is 9.23 Å². The molecule has 1 rings (SSSR count). The molecule has 0 heterocycles. The Kier molecular flexibility index (Phi) is 3.39. The van der Waals surface area contributed by atoms with E-state index in [0.717, 1.165) is 5.56 Å². The van der Waals surface area contributed by atoms with E-state index < -0.39 is 0 Å². The van der Waals surface area contributed by atoms with Gasteiger partial charge in [-0.3, -0.25) is 0 Å². The molecule has 0 fully saturated rings. The molecule has 1 heteroatoms. The first-order valence-corrected chi connectivity index (χ1v) is 4.16. The second-order valence-electron chi connectivity index (χ2n) is 2.90. The third-order valence-electron chi connectivity index (χ3n) is 1.41. The van der Waals surface area contributed by atoms with E-state index in [1.807, 2.05) is 50.3 Å². The molecular formula is C11H14O. The minimum absolute atomic E-state index is 0.255. The number of hydrogen-bond acceptors (Lipinski definition) is 1. The lowest BCUT2D eigenvalue weighted by atomic mass is 10.2. The molecule has 0 aliphatic carbocycles. The highest BCUT2D eigenvalue weighted by Gasteiger charge is 1.86. The van der Waals surface area contributed by atoms with Crippen LogP contribution >= 0.6 is 0 Å². The summed E-state index contributed by atoms with van der Waals surface area (Å²) in [5.74, 6) is 0. The SMILES string of the molecule is CC(C)O/C=C\c1ccccc1. The van der Waals surface area contributed by atoms with Gasteiger partial charge in [-0.2, -0.15) is 0 Å². The van der Waals surface area contributed by atoms with Gasteiger partial charge in [-0.25, -0.2) is 0 Å². The first-order chi connectivity index (χ1) is 5.79. The van der Waals surface area contributed by atoms with Crippen molar-refractivity contribution >= 4 is 6.08 Å². The van der Waals surface area contributed by atoms with Gasteiger partial charge in [0.25, 0.3) is 0 Å². The maximum Gasteiger partial charge on any atom is 0.0922 e. The molecule has 1 nitrogen and oxygen atoms in total. The largest absolute Gasteiger partial charge is 0.499 e. The number of benzene rings is 1. The first-order valence-electron chi connectivity index (χ1n) is 4.16. The predicted octanol–water partition coefficient (Wildman–Crippen LogP) is 3.08. The molecule has 12 heavy (non-hydrogen) atoms. The Bertz CT molecular complexity index is 236. The van der Waals surface area contributed by atoms with Crippen molar-refractivity contribution in [2.24, 2.45) is 0 Å². The summed E-state index contributed by atoms with van der Waals surface area (Å²) in [6, 6.07) is 10.1. The van der Waals surface area contributed by atoms with Gasteiger partial charge in [-0.15, -0.1) is 0 Å². The molecule has 0 unspecified atom stereocenters. The van der Waals surface area contributed by atoms with Gasteiger partial charge in [0.15, 0.2) is 0 Å². The molecule has 0 amide bonds. The second-order valence-corrected chi connectivity index (χ2v) is 2.90. The van der Waals surface area contributed by atoms with Crippen LogP contribution in [0.1, 0.15) is 19.4 Å². The van der Waals surface area contributed by atoms with Crippen LogP contribution in [0.3, 0.4) is 0 Å². The van der Waals surface area contributed by atoms with Crippen LogP contribution in [0.25, 0.3) is 6.08 Å². The Labute approximate surface area is 73.7 Å². The monoisotopic (exact) mass is 162 g/mol. The van der Waals surface area contributed by atoms with Gasteiger partial charge >= 0.3 is 0 Å². The Balaban J connectivity index is 2.47. The summed E-state index contributed by atoms with van der Waals surface area (Å²) in [4.78, 5) is 0. The third kappa shape index (κ3) is 3.24. The van der Waals surface area contributed by atoms with E-state index in [4.69, 9.17) is 4.74 Å². The fraction of sp³-hybridized carbons (Fsp3) is 0.273. The fourth-order valence-corrected chi connectivity index (χ4v) is 0.839. The van der Waals surface area contributed by atoms with Crippen LogP contribution in [0.5, 0.6) is 0 Å². The second kappa shape index (κ2) is 4.60. The van der Waals surface area contributed by atoms with Crippen LogP contribution in [0.4, 0.5) is 0 Å². The van der Waals surface area contributed by atoms with E-state index in [-0.39, 0.29) is 6.10 Å². The highest BCUT2D eigenvalue weighted by atomic mass is 16.5. The number of hydrogen-bond donors (Lipinski definition) is 0. The van der Waals surface area contributed by atoms with Crippen molar-refractivity contribution in [1.82, 2.24) is 0 Å². The lowest BCUT2D eigenvalue weighted by molar-refractivity contribution is 0.181. The third-order valence-corrected chi connectivity index (χ3v) is 1.41. The van der Waals surface area contributed by atoms with Crippen LogP contribution < -0.4 is 0 Å². The Morgan fingerprint density at radius 1 is 1.17 bits per heavy atom. The van der Waals surface area contributed by atoms with E-state index in [0.29, 0.717) is 0 Å². The number of ether oxygens (including phenoxy) is 1. The van der Waals surface area contributed by atoms with Crippen molar-refractivity contribution in [2.75, 3.05) is 0 Å². The maximum atomic E-state index is 5.27. The van der Waals surface area contributed by atoms with Crippen LogP contribution in [0.15, 0.2) is 36.6 Å². The lowest BCUT2D eigenvalue weighted by Crippen LogP contribution is -1.94. The molecule has 0 atom stereocenters. The molecular weight excluding hydrogens is 148 g/mol. The highest BCUT2D eigenvalue weighted by Crippen LogP contribution is 2.01. The summed E-state index contributed by atoms with van der Waals surface area (Å²) in [6.45, 7) is 4.02. The van der Waals surface area contributed by atoms with Crippen LogP contribution in [-0.4, -0.2) is 6.10 Å². The Hall–Kier alpha value is -1.24. The lowest BCUT2D eigenvalue weighted by Gasteiger charge is -2.02. The molecule has 1 aromatic carbocycles.